The van der Waals surface area contributed by atoms with Crippen molar-refractivity contribution < 1.29 is 72.8 Å². The summed E-state index contributed by atoms with van der Waals surface area (Å²) in [5.74, 6) is -2.73. The number of carbonyl (C=O) groups excluding carboxylic acids is 1. The van der Waals surface area contributed by atoms with E-state index in [1.165, 1.54) is 13.2 Å². The van der Waals surface area contributed by atoms with E-state index in [4.69, 9.17) is 14.6 Å². The number of halogens is 11. The number of carboxylic acid groups (broad SMARTS) is 1. The van der Waals surface area contributed by atoms with Crippen LogP contribution in [0.4, 0.5) is 48.7 Å². The van der Waals surface area contributed by atoms with Crippen molar-refractivity contribution in [3.63, 3.8) is 0 Å². The molecule has 0 aliphatic carbocycles. The van der Waals surface area contributed by atoms with Crippen LogP contribution in [-0.4, -0.2) is 37.0 Å². The summed E-state index contributed by atoms with van der Waals surface area (Å²) in [4.78, 5) is 23.1. The van der Waals surface area contributed by atoms with Gasteiger partial charge in [-0.1, -0.05) is 19.9 Å². The molecule has 0 amide bonds. The summed E-state index contributed by atoms with van der Waals surface area (Å²) in [6.07, 6.45) is -19.2. The fraction of sp³-hybridized carbons (Fsp3) is 0.375. The van der Waals surface area contributed by atoms with Crippen LogP contribution in [0.1, 0.15) is 66.2 Å². The molecule has 2 N–H and O–H groups in total. The Morgan fingerprint density at radius 1 is 0.800 bits per heavy atom. The van der Waals surface area contributed by atoms with E-state index >= 15 is 0 Å². The maximum Gasteiger partial charge on any atom is 0.509 e. The molecule has 0 aromatic heterocycles. The molecule has 0 spiro atoms. The van der Waals surface area contributed by atoms with Crippen molar-refractivity contribution in [3.8, 4) is 16.9 Å². The van der Waals surface area contributed by atoms with Gasteiger partial charge in [-0.15, -0.1) is 12.4 Å². The maximum absolute atomic E-state index is 14.7. The van der Waals surface area contributed by atoms with E-state index in [9.17, 15) is 53.5 Å². The number of ether oxygens (including phenoxy) is 3. The Morgan fingerprint density at radius 3 is 1.84 bits per heavy atom. The second kappa shape index (κ2) is 16.2. The summed E-state index contributed by atoms with van der Waals surface area (Å²) < 4.78 is 153. The fourth-order valence-corrected chi connectivity index (χ4v) is 4.81. The molecular weight excluding hydrogens is 720 g/mol. The Morgan fingerprint density at radius 2 is 1.36 bits per heavy atom. The van der Waals surface area contributed by atoms with Gasteiger partial charge >= 0.3 is 30.7 Å². The lowest BCUT2D eigenvalue weighted by atomic mass is 9.92. The van der Waals surface area contributed by atoms with E-state index in [-0.39, 0.29) is 64.5 Å². The van der Waals surface area contributed by atoms with Crippen molar-refractivity contribution >= 4 is 24.5 Å². The van der Waals surface area contributed by atoms with E-state index in [1.54, 1.807) is 13.8 Å². The number of rotatable bonds is 11. The highest BCUT2D eigenvalue weighted by Gasteiger charge is 2.39. The SMILES string of the molecule is COc1cc(F)c(C(C)C)cc1-c1ccc(C(F)(F)F)cc1CN[C@@H](C)[C@H](OC(=O)OCC(=O)O)c1cc(C(F)(F)F)cc(C(F)(F)F)c1.Cl. The molecule has 0 unspecified atom stereocenters. The number of hydrogen-bond donors (Lipinski definition) is 2. The molecule has 18 heteroatoms. The van der Waals surface area contributed by atoms with Crippen LogP contribution in [-0.2, 0) is 39.3 Å². The smallest absolute Gasteiger partial charge is 0.496 e. The fourth-order valence-electron chi connectivity index (χ4n) is 4.81. The van der Waals surface area contributed by atoms with Crippen molar-refractivity contribution in [2.75, 3.05) is 13.7 Å². The molecule has 0 bridgehead atoms. The zero-order valence-electron chi connectivity index (χ0n) is 26.4. The first-order valence-corrected chi connectivity index (χ1v) is 14.2. The monoisotopic (exact) mass is 749 g/mol. The van der Waals surface area contributed by atoms with Crippen molar-refractivity contribution in [2.24, 2.45) is 0 Å². The Labute approximate surface area is 284 Å². The van der Waals surface area contributed by atoms with Gasteiger partial charge in [0.25, 0.3) is 0 Å². The number of carbonyl (C=O) groups is 2. The first-order valence-electron chi connectivity index (χ1n) is 14.2. The molecule has 0 saturated carbocycles. The van der Waals surface area contributed by atoms with Crippen molar-refractivity contribution in [1.29, 1.82) is 0 Å². The number of hydrogen-bond acceptors (Lipinski definition) is 6. The number of methoxy groups -OCH3 is 1. The highest BCUT2D eigenvalue weighted by Crippen LogP contribution is 2.41. The number of nitrogens with one attached hydrogen (secondary N) is 1. The molecule has 0 saturated heterocycles. The minimum absolute atomic E-state index is 0. The Kier molecular flexibility index (Phi) is 13.6. The molecule has 2 atom stereocenters. The van der Waals surface area contributed by atoms with Crippen LogP contribution in [0.25, 0.3) is 11.1 Å². The van der Waals surface area contributed by atoms with Crippen LogP contribution in [0.2, 0.25) is 0 Å². The normalized spacial score (nSPS) is 13.3. The van der Waals surface area contributed by atoms with Crippen LogP contribution in [0.3, 0.4) is 0 Å². The molecule has 3 aromatic rings. The minimum atomic E-state index is -5.29. The van der Waals surface area contributed by atoms with Crippen molar-refractivity contribution in [3.05, 3.63) is 87.7 Å². The van der Waals surface area contributed by atoms with Gasteiger partial charge in [-0.25, -0.2) is 14.0 Å². The molecule has 276 valence electrons. The van der Waals surface area contributed by atoms with E-state index in [0.29, 0.717) is 0 Å². The quantitative estimate of drug-likeness (QED) is 0.149. The van der Waals surface area contributed by atoms with Gasteiger partial charge in [0.1, 0.15) is 17.7 Å². The number of carboxylic acids is 1. The Bertz CT molecular complexity index is 1640. The van der Waals surface area contributed by atoms with E-state index in [0.717, 1.165) is 31.2 Å². The first-order chi connectivity index (χ1) is 22.5. The predicted molar refractivity (Wildman–Crippen MR) is 160 cm³/mol. The third-order valence-electron chi connectivity index (χ3n) is 7.21. The minimum Gasteiger partial charge on any atom is -0.496 e. The van der Waals surface area contributed by atoms with Gasteiger partial charge in [0.05, 0.1) is 23.8 Å². The van der Waals surface area contributed by atoms with Crippen LogP contribution >= 0.6 is 12.4 Å². The zero-order chi connectivity index (χ0) is 37.1. The average molecular weight is 750 g/mol. The largest absolute Gasteiger partial charge is 0.509 e. The van der Waals surface area contributed by atoms with Gasteiger partial charge in [-0.05, 0) is 71.5 Å². The molecule has 3 rings (SSSR count). The summed E-state index contributed by atoms with van der Waals surface area (Å²) in [6.45, 7) is 2.66. The Hall–Kier alpha value is -4.25. The van der Waals surface area contributed by atoms with Crippen LogP contribution < -0.4 is 10.1 Å². The van der Waals surface area contributed by atoms with Crippen LogP contribution in [0.5, 0.6) is 5.75 Å². The number of benzene rings is 3. The highest BCUT2D eigenvalue weighted by atomic mass is 35.5. The second-order valence-electron chi connectivity index (χ2n) is 11.1. The summed E-state index contributed by atoms with van der Waals surface area (Å²) >= 11 is 0. The topological polar surface area (TPSA) is 94.1 Å². The standard InChI is InChI=1S/C32H29F10NO6.ClH/c1-15(2)23-11-24(26(47-4)12-25(23)33)22-6-5-19(30(34,35)36)9-18(22)13-43-16(3)28(49-29(46)48-14-27(44)45)17-7-20(31(37,38)39)10-21(8-17)32(40,41)42;/h5-12,15-16,28,43H,13-14H2,1-4H3,(H,44,45);1H/t16-,28-;/m0./s1. The van der Waals surface area contributed by atoms with Crippen LogP contribution in [0.15, 0.2) is 48.5 Å². The summed E-state index contributed by atoms with van der Waals surface area (Å²) in [5.41, 5.74) is -5.14. The molecular formula is C32H30ClF10NO6. The predicted octanol–water partition coefficient (Wildman–Crippen LogP) is 9.56. The Balaban J connectivity index is 0.00000867. The molecule has 3 aromatic carbocycles. The molecule has 0 aliphatic heterocycles. The van der Waals surface area contributed by atoms with Gasteiger partial charge in [-0.3, -0.25) is 0 Å². The van der Waals surface area contributed by atoms with Gasteiger partial charge in [-0.2, -0.15) is 39.5 Å². The van der Waals surface area contributed by atoms with Crippen molar-refractivity contribution in [1.82, 2.24) is 5.32 Å². The molecule has 50 heavy (non-hydrogen) atoms. The summed E-state index contributed by atoms with van der Waals surface area (Å²) in [5, 5.41) is 11.4. The van der Waals surface area contributed by atoms with Gasteiger partial charge < -0.3 is 24.6 Å². The average Bonchev–Trinajstić information content (AvgIpc) is 2.99. The number of alkyl halides is 9. The van der Waals surface area contributed by atoms with E-state index in [2.05, 4.69) is 10.1 Å². The van der Waals surface area contributed by atoms with E-state index in [1.807, 2.05) is 0 Å². The van der Waals surface area contributed by atoms with Crippen molar-refractivity contribution in [2.45, 2.75) is 63.9 Å². The molecule has 0 heterocycles. The first kappa shape index (κ1) is 41.9. The maximum atomic E-state index is 14.7. The zero-order valence-corrected chi connectivity index (χ0v) is 27.3. The molecule has 0 fully saturated rings. The molecule has 7 nitrogen and oxygen atoms in total. The van der Waals surface area contributed by atoms with E-state index < -0.39 is 84.0 Å². The molecule has 0 aliphatic rings. The summed E-state index contributed by atoms with van der Waals surface area (Å²) in [6, 6.07) is 3.92. The lowest BCUT2D eigenvalue weighted by Gasteiger charge is -2.27. The third-order valence-corrected chi connectivity index (χ3v) is 7.21. The van der Waals surface area contributed by atoms with Gasteiger partial charge in [0, 0.05) is 24.2 Å². The highest BCUT2D eigenvalue weighted by molar-refractivity contribution is 5.85. The number of aliphatic carboxylic acids is 1. The second-order valence-corrected chi connectivity index (χ2v) is 11.1. The summed E-state index contributed by atoms with van der Waals surface area (Å²) in [7, 11) is 1.20. The third kappa shape index (κ3) is 10.6. The lowest BCUT2D eigenvalue weighted by molar-refractivity contribution is -0.144. The van der Waals surface area contributed by atoms with Gasteiger partial charge in [0.2, 0.25) is 0 Å². The van der Waals surface area contributed by atoms with Crippen LogP contribution in [0, 0.1) is 5.82 Å². The lowest BCUT2D eigenvalue weighted by Crippen LogP contribution is -2.35. The molecule has 0 radical (unpaired) electrons. The van der Waals surface area contributed by atoms with Gasteiger partial charge in [0.15, 0.2) is 6.61 Å².